The molecule has 27 heavy (non-hydrogen) atoms. The minimum Gasteiger partial charge on any atom is -0.496 e. The summed E-state index contributed by atoms with van der Waals surface area (Å²) in [6.07, 6.45) is 6.27. The third-order valence-corrected chi connectivity index (χ3v) is 3.95. The number of nitrogens with two attached hydrogens (primary N) is 1. The molecule has 0 aliphatic carbocycles. The van der Waals surface area contributed by atoms with Crippen LogP contribution < -0.4 is 20.5 Å². The third kappa shape index (κ3) is 4.22. The summed E-state index contributed by atoms with van der Waals surface area (Å²) in [6, 6.07) is 3.93. The molecule has 8 heteroatoms. The number of hydrogen-bond donors (Lipinski definition) is 2. The van der Waals surface area contributed by atoms with E-state index in [-0.39, 0.29) is 11.9 Å². The summed E-state index contributed by atoms with van der Waals surface area (Å²) >= 11 is 0. The van der Waals surface area contributed by atoms with Crippen LogP contribution in [0.3, 0.4) is 0 Å². The Labute approximate surface area is 157 Å². The van der Waals surface area contributed by atoms with Crippen LogP contribution in [-0.4, -0.2) is 27.0 Å². The Bertz CT molecular complexity index is 931. The van der Waals surface area contributed by atoms with Crippen LogP contribution in [0.25, 0.3) is 0 Å². The fourth-order valence-corrected chi connectivity index (χ4v) is 2.60. The monoisotopic (exact) mass is 366 g/mol. The van der Waals surface area contributed by atoms with Gasteiger partial charge in [0.05, 0.1) is 19.5 Å². The second kappa shape index (κ2) is 7.86. The van der Waals surface area contributed by atoms with Gasteiger partial charge >= 0.3 is 0 Å². The molecule has 2 aromatic heterocycles. The zero-order chi connectivity index (χ0) is 19.4. The second-order valence-electron chi connectivity index (χ2n) is 6.27. The van der Waals surface area contributed by atoms with Gasteiger partial charge in [-0.2, -0.15) is 4.98 Å². The topological polar surface area (TPSA) is 108 Å². The zero-order valence-corrected chi connectivity index (χ0v) is 15.7. The highest BCUT2D eigenvalue weighted by Crippen LogP contribution is 2.38. The number of nitrogens with one attached hydrogen (secondary N) is 1. The van der Waals surface area contributed by atoms with Crippen molar-refractivity contribution in [2.45, 2.75) is 26.7 Å². The molecule has 0 fully saturated rings. The molecule has 0 unspecified atom stereocenters. The van der Waals surface area contributed by atoms with E-state index in [2.05, 4.69) is 45.2 Å². The first kappa shape index (κ1) is 18.4. The summed E-state index contributed by atoms with van der Waals surface area (Å²) in [5.74, 6) is 3.14. The van der Waals surface area contributed by atoms with Gasteiger partial charge < -0.3 is 20.5 Å². The number of hydrogen-bond acceptors (Lipinski definition) is 8. The molecule has 3 N–H and O–H groups in total. The smallest absolute Gasteiger partial charge is 0.222 e. The van der Waals surface area contributed by atoms with E-state index in [1.807, 2.05) is 13.0 Å². The van der Waals surface area contributed by atoms with E-state index in [0.717, 1.165) is 16.9 Å². The number of ether oxygens (including phenoxy) is 2. The van der Waals surface area contributed by atoms with Crippen LogP contribution in [0.1, 0.15) is 30.9 Å². The maximum Gasteiger partial charge on any atom is 0.222 e. The molecule has 1 aromatic carbocycles. The molecule has 0 saturated carbocycles. The van der Waals surface area contributed by atoms with Gasteiger partial charge in [0.1, 0.15) is 17.3 Å². The summed E-state index contributed by atoms with van der Waals surface area (Å²) in [6.45, 7) is 6.21. The highest BCUT2D eigenvalue weighted by Gasteiger charge is 2.16. The number of nitrogen functional groups attached to an aromatic ring is 1. The van der Waals surface area contributed by atoms with Gasteiger partial charge in [-0.25, -0.2) is 9.97 Å². The molecule has 0 bridgehead atoms. The summed E-state index contributed by atoms with van der Waals surface area (Å²) < 4.78 is 11.6. The highest BCUT2D eigenvalue weighted by molar-refractivity contribution is 5.61. The molecule has 0 aliphatic heterocycles. The van der Waals surface area contributed by atoms with Gasteiger partial charge in [0, 0.05) is 18.5 Å². The molecule has 0 saturated heterocycles. The summed E-state index contributed by atoms with van der Waals surface area (Å²) in [5.41, 5.74) is 7.84. The van der Waals surface area contributed by atoms with Crippen LogP contribution in [0.2, 0.25) is 0 Å². The number of aromatic nitrogens is 4. The van der Waals surface area contributed by atoms with E-state index in [9.17, 15) is 0 Å². The first-order chi connectivity index (χ1) is 13.0. The van der Waals surface area contributed by atoms with Crippen LogP contribution in [0.5, 0.6) is 17.2 Å². The largest absolute Gasteiger partial charge is 0.496 e. The molecule has 3 aromatic rings. The van der Waals surface area contributed by atoms with Gasteiger partial charge in [-0.15, -0.1) is 0 Å². The standard InChI is InChI=1S/C19H22N6O2/c1-11(2)13-7-12(3)14(26-4)8-15(13)27-16-9-23-19(20)25-18(16)24-17-10-21-5-6-22-17/h5-11H,1-4H3,(H3,20,22,23,24,25). The molecule has 140 valence electrons. The Balaban J connectivity index is 2.01. The number of rotatable bonds is 6. The average molecular weight is 366 g/mol. The third-order valence-electron chi connectivity index (χ3n) is 3.95. The fourth-order valence-electron chi connectivity index (χ4n) is 2.60. The Kier molecular flexibility index (Phi) is 5.35. The van der Waals surface area contributed by atoms with Crippen molar-refractivity contribution < 1.29 is 9.47 Å². The normalized spacial score (nSPS) is 10.7. The van der Waals surface area contributed by atoms with Gasteiger partial charge in [-0.1, -0.05) is 13.8 Å². The van der Waals surface area contributed by atoms with E-state index in [0.29, 0.717) is 23.1 Å². The van der Waals surface area contributed by atoms with Crippen LogP contribution in [0.4, 0.5) is 17.6 Å². The number of aryl methyl sites for hydroxylation is 1. The lowest BCUT2D eigenvalue weighted by Gasteiger charge is -2.18. The molecule has 2 heterocycles. The number of methoxy groups -OCH3 is 1. The molecule has 0 amide bonds. The summed E-state index contributed by atoms with van der Waals surface area (Å²) in [4.78, 5) is 16.5. The van der Waals surface area contributed by atoms with Gasteiger partial charge in [0.2, 0.25) is 5.95 Å². The molecule has 8 nitrogen and oxygen atoms in total. The van der Waals surface area contributed by atoms with Gasteiger partial charge in [-0.05, 0) is 30.0 Å². The lowest BCUT2D eigenvalue weighted by molar-refractivity contribution is 0.404. The average Bonchev–Trinajstić information content (AvgIpc) is 2.65. The SMILES string of the molecule is COc1cc(Oc2cnc(N)nc2Nc2cnccn2)c(C(C)C)cc1C. The Morgan fingerprint density at radius 1 is 1.04 bits per heavy atom. The van der Waals surface area contributed by atoms with Crippen LogP contribution >= 0.6 is 0 Å². The minimum atomic E-state index is 0.124. The maximum atomic E-state index is 6.16. The minimum absolute atomic E-state index is 0.124. The molecule has 0 spiro atoms. The predicted octanol–water partition coefficient (Wildman–Crippen LogP) is 3.83. The second-order valence-corrected chi connectivity index (χ2v) is 6.27. The molecule has 3 rings (SSSR count). The lowest BCUT2D eigenvalue weighted by atomic mass is 9.99. The Morgan fingerprint density at radius 2 is 1.85 bits per heavy atom. The lowest BCUT2D eigenvalue weighted by Crippen LogP contribution is -2.04. The van der Waals surface area contributed by atoms with E-state index >= 15 is 0 Å². The highest BCUT2D eigenvalue weighted by atomic mass is 16.5. The Morgan fingerprint density at radius 3 is 2.52 bits per heavy atom. The summed E-state index contributed by atoms with van der Waals surface area (Å²) in [7, 11) is 1.63. The quantitative estimate of drug-likeness (QED) is 0.678. The van der Waals surface area contributed by atoms with Crippen molar-refractivity contribution in [2.75, 3.05) is 18.2 Å². The van der Waals surface area contributed by atoms with Crippen molar-refractivity contribution >= 4 is 17.6 Å². The van der Waals surface area contributed by atoms with Crippen molar-refractivity contribution in [1.29, 1.82) is 0 Å². The Hall–Kier alpha value is -3.42. The van der Waals surface area contributed by atoms with Crippen molar-refractivity contribution in [1.82, 2.24) is 19.9 Å². The van der Waals surface area contributed by atoms with Crippen molar-refractivity contribution in [3.63, 3.8) is 0 Å². The first-order valence-corrected chi connectivity index (χ1v) is 8.50. The van der Waals surface area contributed by atoms with Gasteiger partial charge in [0.25, 0.3) is 0 Å². The number of nitrogens with zero attached hydrogens (tertiary/aromatic N) is 4. The molecule has 0 aliphatic rings. The zero-order valence-electron chi connectivity index (χ0n) is 15.7. The van der Waals surface area contributed by atoms with E-state index in [1.165, 1.54) is 6.20 Å². The van der Waals surface area contributed by atoms with E-state index in [1.54, 1.807) is 25.7 Å². The van der Waals surface area contributed by atoms with Crippen molar-refractivity contribution in [2.24, 2.45) is 0 Å². The van der Waals surface area contributed by atoms with Crippen LogP contribution in [0, 0.1) is 6.92 Å². The van der Waals surface area contributed by atoms with E-state index < -0.39 is 0 Å². The van der Waals surface area contributed by atoms with Crippen molar-refractivity contribution in [3.05, 3.63) is 48.0 Å². The van der Waals surface area contributed by atoms with E-state index in [4.69, 9.17) is 15.2 Å². The molecule has 0 atom stereocenters. The van der Waals surface area contributed by atoms with Gasteiger partial charge in [0.15, 0.2) is 11.6 Å². The van der Waals surface area contributed by atoms with Crippen LogP contribution in [-0.2, 0) is 0 Å². The maximum absolute atomic E-state index is 6.16. The van der Waals surface area contributed by atoms with Crippen LogP contribution in [0.15, 0.2) is 36.9 Å². The first-order valence-electron chi connectivity index (χ1n) is 8.50. The molecule has 0 radical (unpaired) electrons. The van der Waals surface area contributed by atoms with Gasteiger partial charge in [-0.3, -0.25) is 4.98 Å². The molecular weight excluding hydrogens is 344 g/mol. The number of benzene rings is 1. The molecular formula is C19H22N6O2. The predicted molar refractivity (Wildman–Crippen MR) is 104 cm³/mol. The van der Waals surface area contributed by atoms with Crippen molar-refractivity contribution in [3.8, 4) is 17.2 Å². The fraction of sp³-hybridized carbons (Fsp3) is 0.263. The summed E-state index contributed by atoms with van der Waals surface area (Å²) in [5, 5.41) is 3.06. The number of anilines is 3.